The fourth-order valence-electron chi connectivity index (χ4n) is 6.00. The quantitative estimate of drug-likeness (QED) is 0.210. The van der Waals surface area contributed by atoms with E-state index in [1.54, 1.807) is 17.0 Å². The number of amides is 1. The van der Waals surface area contributed by atoms with Crippen LogP contribution in [-0.2, 0) is 38.5 Å². The van der Waals surface area contributed by atoms with Gasteiger partial charge in [0.2, 0.25) is 10.0 Å². The van der Waals surface area contributed by atoms with Crippen molar-refractivity contribution in [1.29, 1.82) is 0 Å². The van der Waals surface area contributed by atoms with Gasteiger partial charge in [-0.1, -0.05) is 56.6 Å². The van der Waals surface area contributed by atoms with E-state index in [4.69, 9.17) is 11.6 Å². The van der Waals surface area contributed by atoms with Crippen LogP contribution in [0.25, 0.3) is 0 Å². The molecule has 1 heterocycles. The van der Waals surface area contributed by atoms with E-state index in [1.165, 1.54) is 24.3 Å². The Kier molecular flexibility index (Phi) is 13.2. The summed E-state index contributed by atoms with van der Waals surface area (Å²) in [5.74, 6) is -1.02. The Bertz CT molecular complexity index is 1780. The van der Waals surface area contributed by atoms with Crippen LogP contribution in [0.3, 0.4) is 0 Å². The van der Waals surface area contributed by atoms with E-state index in [2.05, 4.69) is 5.32 Å². The summed E-state index contributed by atoms with van der Waals surface area (Å²) >= 11 is 6.04. The fraction of sp³-hybridized carbons (Fsp3) is 0.457. The zero-order valence-corrected chi connectivity index (χ0v) is 30.1. The number of carbonyl (C=O) groups excluding carboxylic acids is 1. The lowest BCUT2D eigenvalue weighted by molar-refractivity contribution is 0.0755. The molecule has 1 amide bonds. The van der Waals surface area contributed by atoms with Crippen LogP contribution in [0.4, 0.5) is 4.39 Å². The van der Waals surface area contributed by atoms with Gasteiger partial charge >= 0.3 is 0 Å². The van der Waals surface area contributed by atoms with E-state index in [9.17, 15) is 31.1 Å². The third kappa shape index (κ3) is 9.86. The molecule has 1 aliphatic rings. The van der Waals surface area contributed by atoms with E-state index in [0.29, 0.717) is 24.2 Å². The highest BCUT2D eigenvalue weighted by atomic mass is 35.5. The molecule has 262 valence electrons. The summed E-state index contributed by atoms with van der Waals surface area (Å²) in [6, 6.07) is 15.0. The van der Waals surface area contributed by atoms with Crippen LogP contribution in [0.15, 0.2) is 65.6 Å². The van der Waals surface area contributed by atoms with Crippen molar-refractivity contribution in [1.82, 2.24) is 14.5 Å². The SMILES string of the molecule is CCCN(CCC)C(=O)c1cccc(S(=O)(=O)N(CCc2cc(F)cc(Cl)c2)C[C@H](O)CN[C@H]2CS(=O)(=O)Cc3ccc(CC)cc32)c1. The van der Waals surface area contributed by atoms with Crippen LogP contribution in [0.5, 0.6) is 0 Å². The maximum atomic E-state index is 14.1. The second-order valence-electron chi connectivity index (χ2n) is 12.3. The molecule has 0 aromatic heterocycles. The second-order valence-corrected chi connectivity index (χ2v) is 16.8. The van der Waals surface area contributed by atoms with Gasteiger partial charge in [-0.25, -0.2) is 21.2 Å². The largest absolute Gasteiger partial charge is 0.390 e. The third-order valence-electron chi connectivity index (χ3n) is 8.37. The van der Waals surface area contributed by atoms with Crippen molar-refractivity contribution in [2.45, 2.75) is 69.2 Å². The molecule has 0 saturated heterocycles. The number of hydrogen-bond donors (Lipinski definition) is 2. The van der Waals surface area contributed by atoms with Gasteiger partial charge in [0, 0.05) is 49.4 Å². The Morgan fingerprint density at radius 2 is 1.75 bits per heavy atom. The molecular weight excluding hydrogens is 677 g/mol. The lowest BCUT2D eigenvalue weighted by atomic mass is 9.98. The number of halogens is 2. The number of sulfonamides is 1. The molecule has 48 heavy (non-hydrogen) atoms. The minimum absolute atomic E-state index is 0.0562. The molecule has 3 aromatic rings. The van der Waals surface area contributed by atoms with Gasteiger partial charge in [-0.15, -0.1) is 0 Å². The van der Waals surface area contributed by atoms with Crippen molar-refractivity contribution in [3.8, 4) is 0 Å². The monoisotopic (exact) mass is 721 g/mol. The average molecular weight is 722 g/mol. The number of aliphatic hydroxyl groups excluding tert-OH is 1. The average Bonchev–Trinajstić information content (AvgIpc) is 3.04. The van der Waals surface area contributed by atoms with Crippen molar-refractivity contribution in [2.24, 2.45) is 0 Å². The van der Waals surface area contributed by atoms with Gasteiger partial charge < -0.3 is 15.3 Å². The lowest BCUT2D eigenvalue weighted by Gasteiger charge is -2.29. The molecule has 0 fully saturated rings. The molecule has 13 heteroatoms. The fourth-order valence-corrected chi connectivity index (χ4v) is 9.43. The van der Waals surface area contributed by atoms with E-state index in [-0.39, 0.29) is 58.9 Å². The van der Waals surface area contributed by atoms with E-state index >= 15 is 0 Å². The Morgan fingerprint density at radius 3 is 2.42 bits per heavy atom. The molecule has 0 bridgehead atoms. The standard InChI is InChI=1S/C35H45ClFN3O6S2/c1-4-13-39(14-5-2)35(42)27-8-7-9-32(19-27)48(45,46)40(15-12-26-16-29(36)20-30(37)17-26)22-31(41)21-38-34-24-47(43,44)23-28-11-10-25(6-3)18-33(28)34/h7-11,16-20,31,34,38,41H,4-6,12-15,21-24H2,1-3H3/t31-,34+/m1/s1. The minimum Gasteiger partial charge on any atom is -0.390 e. The van der Waals surface area contributed by atoms with Crippen LogP contribution in [0.1, 0.15) is 72.3 Å². The summed E-state index contributed by atoms with van der Waals surface area (Å²) in [7, 11) is -7.65. The number of benzene rings is 3. The minimum atomic E-state index is -4.26. The first-order chi connectivity index (χ1) is 22.8. The van der Waals surface area contributed by atoms with Gasteiger partial charge in [0.15, 0.2) is 9.84 Å². The molecule has 9 nitrogen and oxygen atoms in total. The van der Waals surface area contributed by atoms with Crippen LogP contribution in [0, 0.1) is 5.82 Å². The van der Waals surface area contributed by atoms with Crippen molar-refractivity contribution in [2.75, 3.05) is 38.5 Å². The summed E-state index contributed by atoms with van der Waals surface area (Å²) < 4.78 is 68.9. The molecule has 3 aromatic carbocycles. The lowest BCUT2D eigenvalue weighted by Crippen LogP contribution is -2.44. The third-order valence-corrected chi connectivity index (χ3v) is 12.0. The van der Waals surface area contributed by atoms with Gasteiger partial charge in [-0.2, -0.15) is 4.31 Å². The molecule has 0 saturated carbocycles. The Balaban J connectivity index is 1.59. The van der Waals surface area contributed by atoms with Gasteiger partial charge in [0.25, 0.3) is 5.91 Å². The molecular formula is C35H45ClFN3O6S2. The number of fused-ring (bicyclic) bond motifs is 1. The number of hydrogen-bond acceptors (Lipinski definition) is 7. The molecule has 0 aliphatic carbocycles. The summed E-state index contributed by atoms with van der Waals surface area (Å²) in [5, 5.41) is 14.5. The Labute approximate surface area is 289 Å². The summed E-state index contributed by atoms with van der Waals surface area (Å²) in [6.07, 6.45) is 1.16. The number of aryl methyl sites for hydroxylation is 1. The van der Waals surface area contributed by atoms with E-state index in [1.807, 2.05) is 39.0 Å². The number of rotatable bonds is 16. The predicted molar refractivity (Wildman–Crippen MR) is 187 cm³/mol. The van der Waals surface area contributed by atoms with Crippen molar-refractivity contribution >= 4 is 37.4 Å². The highest BCUT2D eigenvalue weighted by molar-refractivity contribution is 7.90. The van der Waals surface area contributed by atoms with Gasteiger partial charge in [0.05, 0.1) is 22.5 Å². The maximum Gasteiger partial charge on any atom is 0.253 e. The zero-order valence-electron chi connectivity index (χ0n) is 27.7. The van der Waals surface area contributed by atoms with E-state index in [0.717, 1.165) is 40.8 Å². The number of carbonyl (C=O) groups is 1. The van der Waals surface area contributed by atoms with Crippen LogP contribution in [0.2, 0.25) is 5.02 Å². The predicted octanol–water partition coefficient (Wildman–Crippen LogP) is 5.16. The summed E-state index contributed by atoms with van der Waals surface area (Å²) in [6.45, 7) is 6.48. The number of aliphatic hydroxyl groups is 1. The van der Waals surface area contributed by atoms with Crippen molar-refractivity contribution < 1.29 is 31.1 Å². The van der Waals surface area contributed by atoms with Gasteiger partial charge in [0.1, 0.15) is 5.82 Å². The molecule has 4 rings (SSSR count). The summed E-state index contributed by atoms with van der Waals surface area (Å²) in [4.78, 5) is 14.9. The van der Waals surface area contributed by atoms with Gasteiger partial charge in [-0.3, -0.25) is 4.79 Å². The highest BCUT2D eigenvalue weighted by Gasteiger charge is 2.32. The molecule has 1 aliphatic heterocycles. The molecule has 2 N–H and O–H groups in total. The first-order valence-corrected chi connectivity index (χ1v) is 20.0. The van der Waals surface area contributed by atoms with Crippen LogP contribution < -0.4 is 5.32 Å². The second kappa shape index (κ2) is 16.7. The maximum absolute atomic E-state index is 14.1. The first-order valence-electron chi connectivity index (χ1n) is 16.3. The van der Waals surface area contributed by atoms with Crippen molar-refractivity contribution in [3.05, 3.63) is 99.3 Å². The molecule has 0 spiro atoms. The van der Waals surface area contributed by atoms with Crippen LogP contribution in [-0.4, -0.2) is 81.6 Å². The Hall–Kier alpha value is -2.87. The van der Waals surface area contributed by atoms with E-state index < -0.39 is 37.8 Å². The smallest absolute Gasteiger partial charge is 0.253 e. The normalized spacial score (nSPS) is 16.4. The summed E-state index contributed by atoms with van der Waals surface area (Å²) in [5.41, 5.74) is 3.33. The number of nitrogens with zero attached hydrogens (tertiary/aromatic N) is 2. The zero-order chi connectivity index (χ0) is 35.1. The first kappa shape index (κ1) is 37.9. The number of nitrogens with one attached hydrogen (secondary N) is 1. The molecule has 0 radical (unpaired) electrons. The van der Waals surface area contributed by atoms with Crippen LogP contribution >= 0.6 is 11.6 Å². The Morgan fingerprint density at radius 1 is 1.02 bits per heavy atom. The van der Waals surface area contributed by atoms with Crippen molar-refractivity contribution in [3.63, 3.8) is 0 Å². The molecule has 2 atom stereocenters. The number of sulfone groups is 1. The topological polar surface area (TPSA) is 124 Å². The molecule has 0 unspecified atom stereocenters. The highest BCUT2D eigenvalue weighted by Crippen LogP contribution is 2.30. The van der Waals surface area contributed by atoms with Gasteiger partial charge in [-0.05, 0) is 84.3 Å².